The topological polar surface area (TPSA) is 37.3 Å². The van der Waals surface area contributed by atoms with Gasteiger partial charge in [0.1, 0.15) is 5.82 Å². The Balaban J connectivity index is 2.00. The van der Waals surface area contributed by atoms with Crippen LogP contribution in [0.3, 0.4) is 0 Å². The highest BCUT2D eigenvalue weighted by Crippen LogP contribution is 2.36. The monoisotopic (exact) mass is 207 g/mol. The van der Waals surface area contributed by atoms with Gasteiger partial charge in [-0.05, 0) is 36.8 Å². The summed E-state index contributed by atoms with van der Waals surface area (Å²) in [6.45, 7) is 0. The summed E-state index contributed by atoms with van der Waals surface area (Å²) in [5.41, 5.74) is 0.863. The largest absolute Gasteiger partial charge is 0.481 e. The minimum atomic E-state index is -0.728. The summed E-state index contributed by atoms with van der Waals surface area (Å²) >= 11 is 0. The van der Waals surface area contributed by atoms with Gasteiger partial charge in [-0.3, -0.25) is 4.79 Å². The van der Waals surface area contributed by atoms with Crippen molar-refractivity contribution in [2.24, 2.45) is 11.8 Å². The number of rotatable bonds is 3. The minimum absolute atomic E-state index is 0.171. The molecule has 1 saturated carbocycles. The average Bonchev–Trinajstić information content (AvgIpc) is 2.11. The van der Waals surface area contributed by atoms with E-state index in [1.54, 1.807) is 12.1 Å². The maximum Gasteiger partial charge on any atom is 0.306 e. The van der Waals surface area contributed by atoms with E-state index < -0.39 is 5.97 Å². The zero-order chi connectivity index (χ0) is 10.8. The van der Waals surface area contributed by atoms with Crippen molar-refractivity contribution in [3.63, 3.8) is 0 Å². The quantitative estimate of drug-likeness (QED) is 0.825. The molecule has 1 radical (unpaired) electrons. The molecule has 1 fully saturated rings. The SMILES string of the molecule is O=C(O)C1CCC1Cc1cc[c]c(F)c1. The summed E-state index contributed by atoms with van der Waals surface area (Å²) in [6, 6.07) is 7.19. The maximum atomic E-state index is 12.8. The molecule has 0 bridgehead atoms. The van der Waals surface area contributed by atoms with Gasteiger partial charge in [0.25, 0.3) is 0 Å². The second-order valence-corrected chi connectivity index (χ2v) is 4.03. The van der Waals surface area contributed by atoms with Gasteiger partial charge < -0.3 is 5.11 Å². The van der Waals surface area contributed by atoms with Crippen LogP contribution < -0.4 is 0 Å². The Bertz CT molecular complexity index is 376. The number of hydrogen-bond donors (Lipinski definition) is 1. The molecule has 0 saturated heterocycles. The lowest BCUT2D eigenvalue weighted by molar-refractivity contribution is -0.147. The second-order valence-electron chi connectivity index (χ2n) is 4.03. The van der Waals surface area contributed by atoms with Gasteiger partial charge in [0, 0.05) is 6.07 Å². The molecule has 1 aliphatic rings. The number of carbonyl (C=O) groups is 1. The van der Waals surface area contributed by atoms with Gasteiger partial charge in [0.05, 0.1) is 5.92 Å². The Hall–Kier alpha value is -1.38. The van der Waals surface area contributed by atoms with E-state index in [0.29, 0.717) is 6.42 Å². The van der Waals surface area contributed by atoms with E-state index in [0.717, 1.165) is 18.4 Å². The van der Waals surface area contributed by atoms with E-state index >= 15 is 0 Å². The zero-order valence-corrected chi connectivity index (χ0v) is 8.24. The van der Waals surface area contributed by atoms with E-state index in [1.807, 2.05) is 0 Å². The van der Waals surface area contributed by atoms with E-state index in [9.17, 15) is 9.18 Å². The summed E-state index contributed by atoms with van der Waals surface area (Å²) in [5.74, 6) is -1.17. The van der Waals surface area contributed by atoms with Crippen LogP contribution in [-0.2, 0) is 11.2 Å². The lowest BCUT2D eigenvalue weighted by Gasteiger charge is -2.33. The smallest absolute Gasteiger partial charge is 0.306 e. The summed E-state index contributed by atoms with van der Waals surface area (Å²) in [7, 11) is 0. The number of aliphatic carboxylic acids is 1. The van der Waals surface area contributed by atoms with Crippen LogP contribution in [0.4, 0.5) is 4.39 Å². The predicted octanol–water partition coefficient (Wildman–Crippen LogP) is 2.28. The standard InChI is InChI=1S/C12H12FO2/c13-10-3-1-2-8(7-10)6-9-4-5-11(9)12(14)15/h1-2,7,9,11H,4-6H2,(H,14,15). The molecule has 15 heavy (non-hydrogen) atoms. The first-order chi connectivity index (χ1) is 7.16. The molecule has 0 amide bonds. The van der Waals surface area contributed by atoms with Crippen molar-refractivity contribution in [1.29, 1.82) is 0 Å². The Morgan fingerprint density at radius 3 is 2.93 bits per heavy atom. The molecule has 1 aliphatic carbocycles. The number of hydrogen-bond acceptors (Lipinski definition) is 1. The molecule has 2 rings (SSSR count). The molecule has 1 N–H and O–H groups in total. The fourth-order valence-corrected chi connectivity index (χ4v) is 2.05. The molecule has 2 atom stereocenters. The first-order valence-corrected chi connectivity index (χ1v) is 5.06. The van der Waals surface area contributed by atoms with Crippen molar-refractivity contribution >= 4 is 5.97 Å². The Labute approximate surface area is 87.7 Å². The fraction of sp³-hybridized carbons (Fsp3) is 0.417. The Morgan fingerprint density at radius 1 is 1.60 bits per heavy atom. The molecule has 0 aromatic heterocycles. The molecule has 2 nitrogen and oxygen atoms in total. The van der Waals surface area contributed by atoms with Crippen LogP contribution in [0.5, 0.6) is 0 Å². The molecule has 79 valence electrons. The van der Waals surface area contributed by atoms with Crippen LogP contribution in [0.15, 0.2) is 18.2 Å². The molecular weight excluding hydrogens is 195 g/mol. The highest BCUT2D eigenvalue weighted by atomic mass is 19.1. The van der Waals surface area contributed by atoms with Gasteiger partial charge in [0.15, 0.2) is 0 Å². The molecule has 0 heterocycles. The number of carboxylic acids is 1. The van der Waals surface area contributed by atoms with Gasteiger partial charge in [0.2, 0.25) is 0 Å². The van der Waals surface area contributed by atoms with Gasteiger partial charge in [-0.25, -0.2) is 4.39 Å². The fourth-order valence-electron chi connectivity index (χ4n) is 2.05. The van der Waals surface area contributed by atoms with Gasteiger partial charge >= 0.3 is 5.97 Å². The zero-order valence-electron chi connectivity index (χ0n) is 8.24. The third-order valence-electron chi connectivity index (χ3n) is 3.06. The number of carboxylic acid groups (broad SMARTS) is 1. The van der Waals surface area contributed by atoms with Crippen molar-refractivity contribution in [3.05, 3.63) is 35.6 Å². The minimum Gasteiger partial charge on any atom is -0.481 e. The number of halogens is 1. The van der Waals surface area contributed by atoms with E-state index in [1.165, 1.54) is 6.07 Å². The maximum absolute atomic E-state index is 12.8. The summed E-state index contributed by atoms with van der Waals surface area (Å²) in [6.07, 6.45) is 2.33. The van der Waals surface area contributed by atoms with Crippen molar-refractivity contribution in [1.82, 2.24) is 0 Å². The molecule has 0 aliphatic heterocycles. The van der Waals surface area contributed by atoms with Crippen LogP contribution in [-0.4, -0.2) is 11.1 Å². The normalized spacial score (nSPS) is 24.6. The van der Waals surface area contributed by atoms with Crippen LogP contribution in [0.1, 0.15) is 18.4 Å². The van der Waals surface area contributed by atoms with Crippen LogP contribution in [0.2, 0.25) is 0 Å². The van der Waals surface area contributed by atoms with Crippen LogP contribution in [0.25, 0.3) is 0 Å². The van der Waals surface area contributed by atoms with Crippen LogP contribution in [0, 0.1) is 23.7 Å². The van der Waals surface area contributed by atoms with Gasteiger partial charge in [-0.1, -0.05) is 12.1 Å². The molecular formula is C12H12FO2. The summed E-state index contributed by atoms with van der Waals surface area (Å²) in [4.78, 5) is 10.8. The average molecular weight is 207 g/mol. The molecule has 3 heteroatoms. The summed E-state index contributed by atoms with van der Waals surface area (Å²) in [5, 5.41) is 8.86. The van der Waals surface area contributed by atoms with E-state index in [2.05, 4.69) is 6.07 Å². The second kappa shape index (κ2) is 4.01. The third-order valence-corrected chi connectivity index (χ3v) is 3.06. The van der Waals surface area contributed by atoms with Gasteiger partial charge in [-0.2, -0.15) is 0 Å². The molecule has 0 spiro atoms. The van der Waals surface area contributed by atoms with Crippen molar-refractivity contribution < 1.29 is 14.3 Å². The molecule has 2 unspecified atom stereocenters. The first kappa shape index (κ1) is 10.1. The predicted molar refractivity (Wildman–Crippen MR) is 52.8 cm³/mol. The van der Waals surface area contributed by atoms with E-state index in [-0.39, 0.29) is 17.7 Å². The van der Waals surface area contributed by atoms with Crippen molar-refractivity contribution in [2.45, 2.75) is 19.3 Å². The molecule has 1 aromatic rings. The Morgan fingerprint density at radius 2 is 2.40 bits per heavy atom. The highest BCUT2D eigenvalue weighted by Gasteiger charge is 2.36. The molecule has 1 aromatic carbocycles. The van der Waals surface area contributed by atoms with Crippen molar-refractivity contribution in [2.75, 3.05) is 0 Å². The van der Waals surface area contributed by atoms with E-state index in [4.69, 9.17) is 5.11 Å². The van der Waals surface area contributed by atoms with Crippen molar-refractivity contribution in [3.8, 4) is 0 Å². The third kappa shape index (κ3) is 2.17. The lowest BCUT2D eigenvalue weighted by Crippen LogP contribution is -2.34. The lowest BCUT2D eigenvalue weighted by atomic mass is 9.71. The number of benzene rings is 1. The highest BCUT2D eigenvalue weighted by molar-refractivity contribution is 5.71. The summed E-state index contributed by atoms with van der Waals surface area (Å²) < 4.78 is 12.8. The first-order valence-electron chi connectivity index (χ1n) is 5.06. The van der Waals surface area contributed by atoms with Gasteiger partial charge in [-0.15, -0.1) is 0 Å². The Kier molecular flexibility index (Phi) is 2.71. The van der Waals surface area contributed by atoms with Crippen LogP contribution >= 0.6 is 0 Å².